The topological polar surface area (TPSA) is 15.3 Å². The van der Waals surface area contributed by atoms with Crippen LogP contribution in [0.15, 0.2) is 24.3 Å². The van der Waals surface area contributed by atoms with Gasteiger partial charge in [-0.3, -0.25) is 4.90 Å². The van der Waals surface area contributed by atoms with Crippen molar-refractivity contribution in [1.29, 1.82) is 0 Å². The standard InChI is InChI=1S/C18H32N2/c1-6-14-19-18(15(5)20(8-3)9-4)17-12-10-16(7-2)11-13-17/h10-13,15,18-19H,6-9,14H2,1-5H3. The number of likely N-dealkylation sites (N-methyl/N-ethyl adjacent to an activating group) is 1. The third-order valence-corrected chi connectivity index (χ3v) is 4.23. The van der Waals surface area contributed by atoms with E-state index in [-0.39, 0.29) is 0 Å². The summed E-state index contributed by atoms with van der Waals surface area (Å²) in [6.45, 7) is 14.6. The highest BCUT2D eigenvalue weighted by molar-refractivity contribution is 5.26. The van der Waals surface area contributed by atoms with Gasteiger partial charge in [-0.2, -0.15) is 0 Å². The average molecular weight is 276 g/mol. The van der Waals surface area contributed by atoms with Crippen LogP contribution in [0.25, 0.3) is 0 Å². The molecule has 1 aromatic carbocycles. The Hall–Kier alpha value is -0.860. The molecule has 1 N–H and O–H groups in total. The van der Waals surface area contributed by atoms with Crippen LogP contribution >= 0.6 is 0 Å². The maximum atomic E-state index is 3.73. The lowest BCUT2D eigenvalue weighted by atomic mass is 9.97. The van der Waals surface area contributed by atoms with Gasteiger partial charge in [0.2, 0.25) is 0 Å². The van der Waals surface area contributed by atoms with E-state index in [0.29, 0.717) is 12.1 Å². The lowest BCUT2D eigenvalue weighted by molar-refractivity contribution is 0.186. The van der Waals surface area contributed by atoms with Crippen molar-refractivity contribution in [2.45, 2.75) is 59.5 Å². The summed E-state index contributed by atoms with van der Waals surface area (Å²) in [7, 11) is 0. The number of rotatable bonds is 9. The Bertz CT molecular complexity index is 354. The zero-order chi connectivity index (χ0) is 15.0. The van der Waals surface area contributed by atoms with Crippen LogP contribution in [0.2, 0.25) is 0 Å². The summed E-state index contributed by atoms with van der Waals surface area (Å²) in [5.41, 5.74) is 2.83. The first-order chi connectivity index (χ1) is 9.67. The minimum atomic E-state index is 0.417. The summed E-state index contributed by atoms with van der Waals surface area (Å²) in [5, 5.41) is 3.73. The van der Waals surface area contributed by atoms with E-state index in [0.717, 1.165) is 26.1 Å². The molecule has 0 aromatic heterocycles. The Kier molecular flexibility index (Phi) is 7.86. The summed E-state index contributed by atoms with van der Waals surface area (Å²) in [6.07, 6.45) is 2.29. The summed E-state index contributed by atoms with van der Waals surface area (Å²) >= 11 is 0. The highest BCUT2D eigenvalue weighted by atomic mass is 15.2. The van der Waals surface area contributed by atoms with Gasteiger partial charge >= 0.3 is 0 Å². The Morgan fingerprint density at radius 2 is 1.60 bits per heavy atom. The Balaban J connectivity index is 2.91. The van der Waals surface area contributed by atoms with Crippen molar-refractivity contribution in [3.05, 3.63) is 35.4 Å². The van der Waals surface area contributed by atoms with E-state index >= 15 is 0 Å². The molecular weight excluding hydrogens is 244 g/mol. The molecule has 0 amide bonds. The van der Waals surface area contributed by atoms with Crippen LogP contribution in [0.5, 0.6) is 0 Å². The SMILES string of the molecule is CCCNC(c1ccc(CC)cc1)C(C)N(CC)CC. The molecule has 0 spiro atoms. The van der Waals surface area contributed by atoms with E-state index in [1.165, 1.54) is 17.5 Å². The van der Waals surface area contributed by atoms with E-state index in [2.05, 4.69) is 69.1 Å². The van der Waals surface area contributed by atoms with Gasteiger partial charge in [0.15, 0.2) is 0 Å². The molecule has 1 rings (SSSR count). The molecule has 1 aromatic rings. The summed E-state index contributed by atoms with van der Waals surface area (Å²) < 4.78 is 0. The normalized spacial score (nSPS) is 14.5. The van der Waals surface area contributed by atoms with Gasteiger partial charge in [-0.25, -0.2) is 0 Å². The van der Waals surface area contributed by atoms with Gasteiger partial charge in [0, 0.05) is 12.1 Å². The second kappa shape index (κ2) is 9.15. The number of nitrogens with zero attached hydrogens (tertiary/aromatic N) is 1. The van der Waals surface area contributed by atoms with Crippen LogP contribution in [0.4, 0.5) is 0 Å². The molecule has 2 heteroatoms. The molecule has 0 aliphatic rings. The van der Waals surface area contributed by atoms with Crippen molar-refractivity contribution in [3.63, 3.8) is 0 Å². The van der Waals surface area contributed by atoms with Gasteiger partial charge in [0.1, 0.15) is 0 Å². The highest BCUT2D eigenvalue weighted by Crippen LogP contribution is 2.22. The van der Waals surface area contributed by atoms with Crippen LogP contribution in [0.1, 0.15) is 58.2 Å². The fourth-order valence-corrected chi connectivity index (χ4v) is 2.84. The fraction of sp³-hybridized carbons (Fsp3) is 0.667. The van der Waals surface area contributed by atoms with Gasteiger partial charge in [-0.1, -0.05) is 52.0 Å². The second-order valence-corrected chi connectivity index (χ2v) is 5.49. The minimum Gasteiger partial charge on any atom is -0.309 e. The molecule has 114 valence electrons. The smallest absolute Gasteiger partial charge is 0.0475 e. The second-order valence-electron chi connectivity index (χ2n) is 5.49. The summed E-state index contributed by atoms with van der Waals surface area (Å²) in [4.78, 5) is 2.53. The predicted molar refractivity (Wildman–Crippen MR) is 89.2 cm³/mol. The molecule has 0 saturated carbocycles. The molecule has 2 unspecified atom stereocenters. The number of benzene rings is 1. The maximum absolute atomic E-state index is 3.73. The molecular formula is C18H32N2. The quantitative estimate of drug-likeness (QED) is 0.733. The van der Waals surface area contributed by atoms with E-state index < -0.39 is 0 Å². The molecule has 0 saturated heterocycles. The third kappa shape index (κ3) is 4.60. The summed E-state index contributed by atoms with van der Waals surface area (Å²) in [6, 6.07) is 10.1. The number of nitrogens with one attached hydrogen (secondary N) is 1. The third-order valence-electron chi connectivity index (χ3n) is 4.23. The zero-order valence-corrected chi connectivity index (χ0v) is 13.9. The van der Waals surface area contributed by atoms with Crippen molar-refractivity contribution < 1.29 is 0 Å². The Morgan fingerprint density at radius 1 is 1.00 bits per heavy atom. The predicted octanol–water partition coefficient (Wildman–Crippen LogP) is 4.02. The fourth-order valence-electron chi connectivity index (χ4n) is 2.84. The largest absolute Gasteiger partial charge is 0.309 e. The van der Waals surface area contributed by atoms with Gasteiger partial charge < -0.3 is 5.32 Å². The lowest BCUT2D eigenvalue weighted by Crippen LogP contribution is -2.43. The highest BCUT2D eigenvalue weighted by Gasteiger charge is 2.22. The molecule has 0 radical (unpaired) electrons. The molecule has 2 atom stereocenters. The number of hydrogen-bond donors (Lipinski definition) is 1. The van der Waals surface area contributed by atoms with E-state index in [1.54, 1.807) is 0 Å². The van der Waals surface area contributed by atoms with E-state index in [9.17, 15) is 0 Å². The first kappa shape index (κ1) is 17.2. The molecule has 0 heterocycles. The monoisotopic (exact) mass is 276 g/mol. The maximum Gasteiger partial charge on any atom is 0.0475 e. The van der Waals surface area contributed by atoms with Crippen LogP contribution < -0.4 is 5.32 Å². The zero-order valence-electron chi connectivity index (χ0n) is 13.9. The molecule has 0 fully saturated rings. The summed E-state index contributed by atoms with van der Waals surface area (Å²) in [5.74, 6) is 0. The van der Waals surface area contributed by atoms with Crippen LogP contribution in [0.3, 0.4) is 0 Å². The van der Waals surface area contributed by atoms with Crippen molar-refractivity contribution in [2.75, 3.05) is 19.6 Å². The number of hydrogen-bond acceptors (Lipinski definition) is 2. The van der Waals surface area contributed by atoms with Gasteiger partial charge in [-0.15, -0.1) is 0 Å². The van der Waals surface area contributed by atoms with Gasteiger partial charge in [0.25, 0.3) is 0 Å². The first-order valence-corrected chi connectivity index (χ1v) is 8.24. The molecule has 20 heavy (non-hydrogen) atoms. The molecule has 0 bridgehead atoms. The van der Waals surface area contributed by atoms with Gasteiger partial charge in [-0.05, 0) is 50.5 Å². The van der Waals surface area contributed by atoms with Crippen molar-refractivity contribution in [2.24, 2.45) is 0 Å². The number of aryl methyl sites for hydroxylation is 1. The Morgan fingerprint density at radius 3 is 2.05 bits per heavy atom. The average Bonchev–Trinajstić information content (AvgIpc) is 2.49. The Labute approximate surface area is 125 Å². The van der Waals surface area contributed by atoms with E-state index in [1.807, 2.05) is 0 Å². The molecule has 0 aliphatic carbocycles. The van der Waals surface area contributed by atoms with Crippen LogP contribution in [-0.4, -0.2) is 30.6 Å². The lowest BCUT2D eigenvalue weighted by Gasteiger charge is -2.34. The van der Waals surface area contributed by atoms with Crippen LogP contribution in [0, 0.1) is 0 Å². The van der Waals surface area contributed by atoms with Crippen molar-refractivity contribution in [3.8, 4) is 0 Å². The van der Waals surface area contributed by atoms with Crippen molar-refractivity contribution in [1.82, 2.24) is 10.2 Å². The molecule has 0 aliphatic heterocycles. The van der Waals surface area contributed by atoms with Crippen molar-refractivity contribution >= 4 is 0 Å². The molecule has 2 nitrogen and oxygen atoms in total. The van der Waals surface area contributed by atoms with E-state index in [4.69, 9.17) is 0 Å². The van der Waals surface area contributed by atoms with Crippen LogP contribution in [-0.2, 0) is 6.42 Å². The first-order valence-electron chi connectivity index (χ1n) is 8.24. The van der Waals surface area contributed by atoms with Gasteiger partial charge in [0.05, 0.1) is 0 Å². The minimum absolute atomic E-state index is 0.417.